The molecule has 0 aliphatic heterocycles. The van der Waals surface area contributed by atoms with Crippen LogP contribution in [0.5, 0.6) is 0 Å². The van der Waals surface area contributed by atoms with Crippen LogP contribution in [0, 0.1) is 0 Å². The summed E-state index contributed by atoms with van der Waals surface area (Å²) in [4.78, 5) is 25.0. The summed E-state index contributed by atoms with van der Waals surface area (Å²) in [6.07, 6.45) is 1.71. The van der Waals surface area contributed by atoms with Crippen molar-refractivity contribution in [2.45, 2.75) is 50.6 Å². The Bertz CT molecular complexity index is 994. The number of nitrogens with zero attached hydrogens (tertiary/aromatic N) is 4. The van der Waals surface area contributed by atoms with Gasteiger partial charge in [0.1, 0.15) is 0 Å². The number of para-hydroxylation sites is 1. The third-order valence-electron chi connectivity index (χ3n) is 4.13. The van der Waals surface area contributed by atoms with Gasteiger partial charge in [-0.15, -0.1) is 10.2 Å². The van der Waals surface area contributed by atoms with Crippen molar-refractivity contribution in [2.24, 2.45) is 0 Å². The standard InChI is InChI=1S/C18H23N5O2S/c1-4-10-19-15(24)12(3)26-18-21-20-17-22(11-5-2)16(25)13-8-6-7-9-14(13)23(17)18/h6-9,12H,4-5,10-11H2,1-3H3,(H,19,24). The fourth-order valence-electron chi connectivity index (χ4n) is 2.84. The highest BCUT2D eigenvalue weighted by molar-refractivity contribution is 8.00. The van der Waals surface area contributed by atoms with Crippen LogP contribution in [0.4, 0.5) is 0 Å². The zero-order valence-corrected chi connectivity index (χ0v) is 16.0. The number of hydrogen-bond donors (Lipinski definition) is 1. The molecular weight excluding hydrogens is 350 g/mol. The average molecular weight is 373 g/mol. The minimum atomic E-state index is -0.306. The van der Waals surface area contributed by atoms with Gasteiger partial charge in [-0.1, -0.05) is 37.7 Å². The number of hydrogen-bond acceptors (Lipinski definition) is 5. The quantitative estimate of drug-likeness (QED) is 0.644. The molecule has 0 radical (unpaired) electrons. The number of nitrogens with one attached hydrogen (secondary N) is 1. The number of aryl methyl sites for hydroxylation is 1. The Morgan fingerprint density at radius 2 is 2.00 bits per heavy atom. The van der Waals surface area contributed by atoms with Gasteiger partial charge < -0.3 is 5.32 Å². The van der Waals surface area contributed by atoms with Crippen molar-refractivity contribution in [1.29, 1.82) is 0 Å². The lowest BCUT2D eigenvalue weighted by Crippen LogP contribution is -2.31. The van der Waals surface area contributed by atoms with Gasteiger partial charge in [-0.05, 0) is 31.9 Å². The first kappa shape index (κ1) is 18.4. The second kappa shape index (κ2) is 7.90. The van der Waals surface area contributed by atoms with Gasteiger partial charge in [-0.3, -0.25) is 18.6 Å². The number of fused-ring (bicyclic) bond motifs is 3. The Hall–Kier alpha value is -2.35. The third-order valence-corrected chi connectivity index (χ3v) is 5.17. The number of aromatic nitrogens is 4. The van der Waals surface area contributed by atoms with E-state index in [1.165, 1.54) is 11.8 Å². The molecule has 1 atom stereocenters. The summed E-state index contributed by atoms with van der Waals surface area (Å²) < 4.78 is 3.53. The van der Waals surface area contributed by atoms with E-state index in [9.17, 15) is 9.59 Å². The number of carbonyl (C=O) groups excluding carboxylic acids is 1. The second-order valence-corrected chi connectivity index (χ2v) is 7.45. The van der Waals surface area contributed by atoms with Crippen molar-refractivity contribution in [3.8, 4) is 0 Å². The predicted octanol–water partition coefficient (Wildman–Crippen LogP) is 2.46. The highest BCUT2D eigenvalue weighted by atomic mass is 32.2. The van der Waals surface area contributed by atoms with E-state index in [-0.39, 0.29) is 16.7 Å². The lowest BCUT2D eigenvalue weighted by molar-refractivity contribution is -0.120. The number of benzene rings is 1. The van der Waals surface area contributed by atoms with Gasteiger partial charge in [0.2, 0.25) is 11.7 Å². The molecule has 0 saturated heterocycles. The fourth-order valence-corrected chi connectivity index (χ4v) is 3.72. The maximum Gasteiger partial charge on any atom is 0.262 e. The zero-order valence-electron chi connectivity index (χ0n) is 15.2. The van der Waals surface area contributed by atoms with Gasteiger partial charge in [-0.2, -0.15) is 0 Å². The summed E-state index contributed by atoms with van der Waals surface area (Å²) in [5.41, 5.74) is 0.696. The van der Waals surface area contributed by atoms with Crippen LogP contribution in [0.3, 0.4) is 0 Å². The highest BCUT2D eigenvalue weighted by Crippen LogP contribution is 2.25. The lowest BCUT2D eigenvalue weighted by atomic mass is 10.2. The van der Waals surface area contributed by atoms with Crippen LogP contribution in [0.15, 0.2) is 34.2 Å². The molecule has 2 heterocycles. The Morgan fingerprint density at radius 1 is 1.23 bits per heavy atom. The largest absolute Gasteiger partial charge is 0.355 e. The van der Waals surface area contributed by atoms with Gasteiger partial charge in [0.25, 0.3) is 5.56 Å². The van der Waals surface area contributed by atoms with Crippen molar-refractivity contribution in [3.05, 3.63) is 34.6 Å². The van der Waals surface area contributed by atoms with E-state index in [0.717, 1.165) is 18.4 Å². The van der Waals surface area contributed by atoms with E-state index in [4.69, 9.17) is 0 Å². The number of amides is 1. The van der Waals surface area contributed by atoms with Gasteiger partial charge >= 0.3 is 0 Å². The first-order valence-electron chi connectivity index (χ1n) is 8.89. The molecule has 1 aromatic carbocycles. The molecule has 1 N–H and O–H groups in total. The van der Waals surface area contributed by atoms with E-state index in [1.54, 1.807) is 4.57 Å². The molecule has 138 valence electrons. The molecular formula is C18H23N5O2S. The summed E-state index contributed by atoms with van der Waals surface area (Å²) in [6.45, 7) is 7.11. The SMILES string of the molecule is CCCNC(=O)C(C)Sc1nnc2n(CCC)c(=O)c3ccccc3n12. The van der Waals surface area contributed by atoms with Gasteiger partial charge in [0.05, 0.1) is 16.2 Å². The van der Waals surface area contributed by atoms with E-state index in [1.807, 2.05) is 49.4 Å². The second-order valence-electron chi connectivity index (χ2n) is 6.14. The molecule has 0 aliphatic carbocycles. The monoisotopic (exact) mass is 373 g/mol. The first-order valence-corrected chi connectivity index (χ1v) is 9.77. The molecule has 26 heavy (non-hydrogen) atoms. The molecule has 0 bridgehead atoms. The predicted molar refractivity (Wildman–Crippen MR) is 104 cm³/mol. The van der Waals surface area contributed by atoms with Crippen molar-refractivity contribution in [3.63, 3.8) is 0 Å². The molecule has 0 spiro atoms. The van der Waals surface area contributed by atoms with Crippen LogP contribution >= 0.6 is 11.8 Å². The van der Waals surface area contributed by atoms with Crippen molar-refractivity contribution in [1.82, 2.24) is 24.5 Å². The van der Waals surface area contributed by atoms with Crippen molar-refractivity contribution >= 4 is 34.3 Å². The van der Waals surface area contributed by atoms with Gasteiger partial charge in [-0.25, -0.2) is 0 Å². The number of thioether (sulfide) groups is 1. The van der Waals surface area contributed by atoms with Crippen LogP contribution < -0.4 is 10.9 Å². The third kappa shape index (κ3) is 3.33. The maximum atomic E-state index is 12.8. The fraction of sp³-hybridized carbons (Fsp3) is 0.444. The molecule has 7 nitrogen and oxygen atoms in total. The Balaban J connectivity index is 2.11. The number of rotatable bonds is 7. The van der Waals surface area contributed by atoms with E-state index >= 15 is 0 Å². The lowest BCUT2D eigenvalue weighted by Gasteiger charge is -2.12. The Kier molecular flexibility index (Phi) is 5.61. The Labute approximate surface area is 155 Å². The van der Waals surface area contributed by atoms with E-state index < -0.39 is 0 Å². The molecule has 2 aromatic heterocycles. The molecule has 1 amide bonds. The molecule has 0 aliphatic rings. The minimum Gasteiger partial charge on any atom is -0.355 e. The summed E-state index contributed by atoms with van der Waals surface area (Å²) in [7, 11) is 0. The van der Waals surface area contributed by atoms with Gasteiger partial charge in [0, 0.05) is 13.1 Å². The summed E-state index contributed by atoms with van der Waals surface area (Å²) in [6, 6.07) is 7.44. The highest BCUT2D eigenvalue weighted by Gasteiger charge is 2.21. The van der Waals surface area contributed by atoms with Crippen LogP contribution in [0.2, 0.25) is 0 Å². The van der Waals surface area contributed by atoms with Crippen molar-refractivity contribution < 1.29 is 4.79 Å². The van der Waals surface area contributed by atoms with Crippen LogP contribution in [-0.2, 0) is 11.3 Å². The first-order chi connectivity index (χ1) is 12.6. The van der Waals surface area contributed by atoms with Crippen LogP contribution in [0.25, 0.3) is 16.7 Å². The number of carbonyl (C=O) groups is 1. The van der Waals surface area contributed by atoms with E-state index in [2.05, 4.69) is 15.5 Å². The molecule has 8 heteroatoms. The summed E-state index contributed by atoms with van der Waals surface area (Å²) >= 11 is 1.35. The van der Waals surface area contributed by atoms with Crippen LogP contribution in [-0.4, -0.2) is 36.9 Å². The topological polar surface area (TPSA) is 81.3 Å². The average Bonchev–Trinajstić information content (AvgIpc) is 3.06. The Morgan fingerprint density at radius 3 is 2.73 bits per heavy atom. The molecule has 1 unspecified atom stereocenters. The van der Waals surface area contributed by atoms with E-state index in [0.29, 0.717) is 29.4 Å². The summed E-state index contributed by atoms with van der Waals surface area (Å²) in [5, 5.41) is 12.3. The maximum absolute atomic E-state index is 12.8. The molecule has 0 fully saturated rings. The van der Waals surface area contributed by atoms with Crippen LogP contribution in [0.1, 0.15) is 33.6 Å². The molecule has 0 saturated carbocycles. The normalized spacial score (nSPS) is 12.6. The molecule has 3 rings (SSSR count). The van der Waals surface area contributed by atoms with Crippen molar-refractivity contribution in [2.75, 3.05) is 6.54 Å². The van der Waals surface area contributed by atoms with Gasteiger partial charge in [0.15, 0.2) is 5.16 Å². The molecule has 3 aromatic rings. The smallest absolute Gasteiger partial charge is 0.262 e. The summed E-state index contributed by atoms with van der Waals surface area (Å²) in [5.74, 6) is 0.485. The zero-order chi connectivity index (χ0) is 18.7. The minimum absolute atomic E-state index is 0.0280.